The van der Waals surface area contributed by atoms with E-state index in [1.54, 1.807) is 29.2 Å². The van der Waals surface area contributed by atoms with E-state index in [9.17, 15) is 14.4 Å². The van der Waals surface area contributed by atoms with E-state index in [1.165, 1.54) is 5.06 Å². The second-order valence-electron chi connectivity index (χ2n) is 5.79. The summed E-state index contributed by atoms with van der Waals surface area (Å²) >= 11 is 0. The monoisotopic (exact) mass is 349 g/mol. The number of anilines is 2. The third kappa shape index (κ3) is 4.06. The average molecular weight is 349 g/mol. The van der Waals surface area contributed by atoms with Gasteiger partial charge in [-0.15, -0.1) is 5.06 Å². The number of hydrogen-bond acceptors (Lipinski definition) is 6. The number of carboxylic acid groups (broad SMARTS) is 1. The Morgan fingerprint density at radius 1 is 1.24 bits per heavy atom. The van der Waals surface area contributed by atoms with Crippen LogP contribution in [-0.2, 0) is 19.2 Å². The molecule has 0 aromatic heterocycles. The molecule has 134 valence electrons. The predicted molar refractivity (Wildman–Crippen MR) is 87.1 cm³/mol. The molecule has 9 nitrogen and oxygen atoms in total. The first-order valence-electron chi connectivity index (χ1n) is 8.01. The molecule has 1 unspecified atom stereocenters. The average Bonchev–Trinajstić information content (AvgIpc) is 3.04. The number of amides is 2. The van der Waals surface area contributed by atoms with E-state index >= 15 is 0 Å². The number of rotatable bonds is 4. The molecule has 0 spiro atoms. The molecular formula is C16H19N3O6. The van der Waals surface area contributed by atoms with Crippen molar-refractivity contribution in [2.24, 2.45) is 0 Å². The van der Waals surface area contributed by atoms with Crippen LogP contribution in [0, 0.1) is 0 Å². The number of carbonyl (C=O) groups is 3. The van der Waals surface area contributed by atoms with Crippen molar-refractivity contribution in [1.82, 2.24) is 5.06 Å². The molecule has 1 aromatic carbocycles. The maximum atomic E-state index is 12.3. The zero-order valence-electron chi connectivity index (χ0n) is 13.5. The lowest BCUT2D eigenvalue weighted by Crippen LogP contribution is -2.41. The molecule has 2 saturated heterocycles. The SMILES string of the molecule is O=C(O)ON1CCCC1C(=O)Nc1ccc(N2CCOCC2=O)cc1. The van der Waals surface area contributed by atoms with Crippen molar-refractivity contribution in [1.29, 1.82) is 0 Å². The second-order valence-corrected chi connectivity index (χ2v) is 5.79. The van der Waals surface area contributed by atoms with Crippen LogP contribution >= 0.6 is 0 Å². The number of hydroxylamine groups is 2. The molecule has 2 heterocycles. The van der Waals surface area contributed by atoms with Crippen LogP contribution in [0.25, 0.3) is 0 Å². The maximum absolute atomic E-state index is 12.3. The number of nitrogens with one attached hydrogen (secondary N) is 1. The van der Waals surface area contributed by atoms with Crippen LogP contribution in [0.2, 0.25) is 0 Å². The van der Waals surface area contributed by atoms with E-state index in [2.05, 4.69) is 10.2 Å². The summed E-state index contributed by atoms with van der Waals surface area (Å²) in [5.41, 5.74) is 1.31. The van der Waals surface area contributed by atoms with Crippen LogP contribution in [-0.4, -0.2) is 60.5 Å². The van der Waals surface area contributed by atoms with Crippen molar-refractivity contribution in [2.75, 3.05) is 36.5 Å². The molecule has 2 aliphatic heterocycles. The Balaban J connectivity index is 1.62. The van der Waals surface area contributed by atoms with E-state index in [0.29, 0.717) is 38.2 Å². The van der Waals surface area contributed by atoms with Crippen molar-refractivity contribution < 1.29 is 29.1 Å². The first kappa shape index (κ1) is 17.2. The van der Waals surface area contributed by atoms with Crippen molar-refractivity contribution in [3.05, 3.63) is 24.3 Å². The van der Waals surface area contributed by atoms with Crippen LogP contribution in [0.4, 0.5) is 16.2 Å². The van der Waals surface area contributed by atoms with Gasteiger partial charge in [-0.25, -0.2) is 4.79 Å². The van der Waals surface area contributed by atoms with Gasteiger partial charge in [-0.05, 0) is 37.1 Å². The van der Waals surface area contributed by atoms with Gasteiger partial charge >= 0.3 is 6.16 Å². The second kappa shape index (κ2) is 7.49. The fraction of sp³-hybridized carbons (Fsp3) is 0.438. The highest BCUT2D eigenvalue weighted by molar-refractivity contribution is 5.97. The van der Waals surface area contributed by atoms with Crippen LogP contribution in [0.15, 0.2) is 24.3 Å². The van der Waals surface area contributed by atoms with Crippen molar-refractivity contribution >= 4 is 29.3 Å². The molecule has 25 heavy (non-hydrogen) atoms. The standard InChI is InChI=1S/C16H19N3O6/c20-14-10-24-9-8-18(14)12-5-3-11(4-6-12)17-15(21)13-2-1-7-19(13)25-16(22)23/h3-6,13H,1-2,7-10H2,(H,17,21)(H,22,23). The van der Waals surface area contributed by atoms with Crippen LogP contribution in [0.5, 0.6) is 0 Å². The first-order chi connectivity index (χ1) is 12.0. The minimum Gasteiger partial charge on any atom is -0.448 e. The molecule has 2 amide bonds. The van der Waals surface area contributed by atoms with Gasteiger partial charge < -0.3 is 24.9 Å². The quantitative estimate of drug-likeness (QED) is 0.837. The van der Waals surface area contributed by atoms with Gasteiger partial charge in [0.1, 0.15) is 12.6 Å². The molecule has 3 rings (SSSR count). The summed E-state index contributed by atoms with van der Waals surface area (Å²) in [5.74, 6) is -0.426. The predicted octanol–water partition coefficient (Wildman–Crippen LogP) is 1.06. The summed E-state index contributed by atoms with van der Waals surface area (Å²) in [5, 5.41) is 12.6. The lowest BCUT2D eigenvalue weighted by molar-refractivity contribution is -0.148. The van der Waals surface area contributed by atoms with Gasteiger partial charge in [-0.2, -0.15) is 0 Å². The van der Waals surface area contributed by atoms with Crippen LogP contribution in [0.3, 0.4) is 0 Å². The first-order valence-corrected chi connectivity index (χ1v) is 8.01. The van der Waals surface area contributed by atoms with E-state index in [-0.39, 0.29) is 18.4 Å². The minimum atomic E-state index is -1.43. The molecule has 2 N–H and O–H groups in total. The lowest BCUT2D eigenvalue weighted by Gasteiger charge is -2.27. The van der Waals surface area contributed by atoms with Crippen molar-refractivity contribution in [3.63, 3.8) is 0 Å². The van der Waals surface area contributed by atoms with Gasteiger partial charge in [0.15, 0.2) is 0 Å². The number of hydrogen-bond donors (Lipinski definition) is 2. The highest BCUT2D eigenvalue weighted by Crippen LogP contribution is 2.22. The van der Waals surface area contributed by atoms with Crippen molar-refractivity contribution in [2.45, 2.75) is 18.9 Å². The Morgan fingerprint density at radius 3 is 2.68 bits per heavy atom. The molecule has 1 aromatic rings. The smallest absolute Gasteiger partial charge is 0.448 e. The molecule has 0 saturated carbocycles. The van der Waals surface area contributed by atoms with E-state index < -0.39 is 12.2 Å². The third-order valence-corrected chi connectivity index (χ3v) is 4.13. The van der Waals surface area contributed by atoms with Gasteiger partial charge in [0, 0.05) is 24.5 Å². The summed E-state index contributed by atoms with van der Waals surface area (Å²) in [6.07, 6.45) is -0.220. The number of benzene rings is 1. The highest BCUT2D eigenvalue weighted by Gasteiger charge is 2.34. The number of carbonyl (C=O) groups excluding carboxylic acids is 2. The fourth-order valence-corrected chi connectivity index (χ4v) is 2.95. The van der Waals surface area contributed by atoms with Crippen LogP contribution in [0.1, 0.15) is 12.8 Å². The van der Waals surface area contributed by atoms with E-state index in [4.69, 9.17) is 9.84 Å². The number of morpholine rings is 1. The van der Waals surface area contributed by atoms with Gasteiger partial charge in [-0.1, -0.05) is 0 Å². The Labute approximate surface area is 144 Å². The van der Waals surface area contributed by atoms with E-state index in [1.807, 2.05) is 0 Å². The Kier molecular flexibility index (Phi) is 5.15. The Bertz CT molecular complexity index is 662. The molecule has 9 heteroatoms. The molecule has 2 fully saturated rings. The summed E-state index contributed by atoms with van der Waals surface area (Å²) in [6.45, 7) is 1.45. The Morgan fingerprint density at radius 2 is 2.00 bits per heavy atom. The number of ether oxygens (including phenoxy) is 1. The van der Waals surface area contributed by atoms with Crippen LogP contribution < -0.4 is 10.2 Å². The molecule has 0 radical (unpaired) electrons. The lowest BCUT2D eigenvalue weighted by atomic mass is 10.2. The van der Waals surface area contributed by atoms with Gasteiger partial charge in [-0.3, -0.25) is 9.59 Å². The maximum Gasteiger partial charge on any atom is 0.525 e. The summed E-state index contributed by atoms with van der Waals surface area (Å²) in [6, 6.07) is 6.26. The largest absolute Gasteiger partial charge is 0.525 e. The molecule has 0 aliphatic carbocycles. The van der Waals surface area contributed by atoms with Crippen molar-refractivity contribution in [3.8, 4) is 0 Å². The normalized spacial score (nSPS) is 21.2. The summed E-state index contributed by atoms with van der Waals surface area (Å²) < 4.78 is 5.10. The molecular weight excluding hydrogens is 330 g/mol. The third-order valence-electron chi connectivity index (χ3n) is 4.13. The van der Waals surface area contributed by atoms with E-state index in [0.717, 1.165) is 5.69 Å². The zero-order chi connectivity index (χ0) is 17.8. The summed E-state index contributed by atoms with van der Waals surface area (Å²) in [7, 11) is 0. The topological polar surface area (TPSA) is 108 Å². The van der Waals surface area contributed by atoms with Gasteiger partial charge in [0.25, 0.3) is 5.91 Å². The summed E-state index contributed by atoms with van der Waals surface area (Å²) in [4.78, 5) is 41.1. The highest BCUT2D eigenvalue weighted by atomic mass is 16.8. The van der Waals surface area contributed by atoms with Gasteiger partial charge in [0.2, 0.25) is 5.91 Å². The Hall–Kier alpha value is -2.65. The minimum absolute atomic E-state index is 0.0690. The molecule has 0 bridgehead atoms. The van der Waals surface area contributed by atoms with Gasteiger partial charge in [0.05, 0.1) is 6.61 Å². The number of nitrogens with zero attached hydrogens (tertiary/aromatic N) is 2. The molecule has 1 atom stereocenters. The fourth-order valence-electron chi connectivity index (χ4n) is 2.95. The zero-order valence-corrected chi connectivity index (χ0v) is 13.5. The molecule has 2 aliphatic rings.